The van der Waals surface area contributed by atoms with Gasteiger partial charge >= 0.3 is 5.97 Å². The highest BCUT2D eigenvalue weighted by Gasteiger charge is 2.20. The van der Waals surface area contributed by atoms with Gasteiger partial charge in [0.05, 0.1) is 22.6 Å². The van der Waals surface area contributed by atoms with Crippen LogP contribution in [0.25, 0.3) is 0 Å². The number of aromatic carboxylic acids is 1. The third-order valence-corrected chi connectivity index (χ3v) is 5.17. The van der Waals surface area contributed by atoms with Gasteiger partial charge in [0.1, 0.15) is 22.0 Å². The highest BCUT2D eigenvalue weighted by Crippen LogP contribution is 2.42. The van der Waals surface area contributed by atoms with Crippen molar-refractivity contribution < 1.29 is 22.9 Å². The van der Waals surface area contributed by atoms with Gasteiger partial charge in [-0.25, -0.2) is 4.79 Å². The van der Waals surface area contributed by atoms with Crippen LogP contribution in [-0.2, 0) is 10.1 Å². The summed E-state index contributed by atoms with van der Waals surface area (Å²) >= 11 is 0. The summed E-state index contributed by atoms with van der Waals surface area (Å²) in [6.07, 6.45) is 0. The van der Waals surface area contributed by atoms with E-state index in [2.05, 4.69) is 20.5 Å². The predicted molar refractivity (Wildman–Crippen MR) is 118 cm³/mol. The van der Waals surface area contributed by atoms with E-state index < -0.39 is 21.0 Å². The second kappa shape index (κ2) is 8.91. The summed E-state index contributed by atoms with van der Waals surface area (Å²) in [4.78, 5) is 11.2. The van der Waals surface area contributed by atoms with Gasteiger partial charge in [0.2, 0.25) is 0 Å². The van der Waals surface area contributed by atoms with Crippen LogP contribution >= 0.6 is 0 Å². The normalized spacial score (nSPS) is 11.9. The second-order valence-corrected chi connectivity index (χ2v) is 8.00. The fraction of sp³-hybridized carbons (Fsp3) is 0.0500. The van der Waals surface area contributed by atoms with Crippen LogP contribution < -0.4 is 11.5 Å². The smallest absolute Gasteiger partial charge is 0.338 e. The Labute approximate surface area is 182 Å². The summed E-state index contributed by atoms with van der Waals surface area (Å²) in [5, 5.41) is 25.2. The largest absolute Gasteiger partial charge is 0.478 e. The van der Waals surface area contributed by atoms with Crippen molar-refractivity contribution in [2.45, 2.75) is 11.8 Å². The van der Waals surface area contributed by atoms with Gasteiger partial charge in [0.25, 0.3) is 10.1 Å². The van der Waals surface area contributed by atoms with E-state index in [1.807, 2.05) is 19.1 Å². The first kappa shape index (κ1) is 22.5. The van der Waals surface area contributed by atoms with E-state index in [1.54, 1.807) is 12.1 Å². The summed E-state index contributed by atoms with van der Waals surface area (Å²) in [5.41, 5.74) is 12.4. The van der Waals surface area contributed by atoms with E-state index in [0.29, 0.717) is 5.69 Å². The molecule has 0 saturated carbocycles. The molecule has 0 aliphatic heterocycles. The van der Waals surface area contributed by atoms with Crippen LogP contribution in [0.4, 0.5) is 34.1 Å². The molecule has 164 valence electrons. The molecule has 0 aliphatic carbocycles. The van der Waals surface area contributed by atoms with Crippen LogP contribution in [0.15, 0.2) is 79.9 Å². The Balaban J connectivity index is 2.11. The van der Waals surface area contributed by atoms with Crippen molar-refractivity contribution in [1.82, 2.24) is 0 Å². The highest BCUT2D eigenvalue weighted by molar-refractivity contribution is 7.86. The molecule has 3 rings (SSSR count). The molecule has 3 aromatic rings. The van der Waals surface area contributed by atoms with Crippen LogP contribution in [0.5, 0.6) is 0 Å². The lowest BCUT2D eigenvalue weighted by atomic mass is 10.1. The van der Waals surface area contributed by atoms with Crippen LogP contribution in [0, 0.1) is 6.92 Å². The summed E-state index contributed by atoms with van der Waals surface area (Å²) in [7, 11) is -4.59. The van der Waals surface area contributed by atoms with Gasteiger partial charge in [-0.2, -0.15) is 13.5 Å². The fourth-order valence-electron chi connectivity index (χ4n) is 2.67. The Hall–Kier alpha value is -4.16. The zero-order valence-electron chi connectivity index (χ0n) is 16.7. The number of hydrogen-bond donors (Lipinski definition) is 4. The van der Waals surface area contributed by atoms with Gasteiger partial charge in [-0.1, -0.05) is 29.8 Å². The number of aryl methyl sites for hydroxylation is 1. The van der Waals surface area contributed by atoms with E-state index in [-0.39, 0.29) is 34.0 Å². The minimum absolute atomic E-state index is 0.0208. The van der Waals surface area contributed by atoms with E-state index in [0.717, 1.165) is 17.7 Å². The predicted octanol–water partition coefficient (Wildman–Crippen LogP) is 4.94. The molecule has 0 radical (unpaired) electrons. The first-order valence-corrected chi connectivity index (χ1v) is 10.4. The first-order valence-electron chi connectivity index (χ1n) is 9.00. The van der Waals surface area contributed by atoms with Gasteiger partial charge < -0.3 is 16.6 Å². The lowest BCUT2D eigenvalue weighted by Gasteiger charge is -2.10. The maximum absolute atomic E-state index is 11.7. The van der Waals surface area contributed by atoms with Crippen LogP contribution in [0.2, 0.25) is 0 Å². The molecule has 12 heteroatoms. The molecule has 0 spiro atoms. The van der Waals surface area contributed by atoms with Crippen molar-refractivity contribution in [3.8, 4) is 0 Å². The van der Waals surface area contributed by atoms with Gasteiger partial charge in [-0.05, 0) is 37.3 Å². The number of rotatable bonds is 6. The molecular formula is C20H18N6O5S. The monoisotopic (exact) mass is 454 g/mol. The molecular weight excluding hydrogens is 436 g/mol. The first-order chi connectivity index (χ1) is 15.1. The number of nitrogen functional groups attached to an aromatic ring is 2. The quantitative estimate of drug-likeness (QED) is 0.230. The zero-order valence-corrected chi connectivity index (χ0v) is 17.5. The standard InChI is InChI=1S/C20H18N6O5S/c1-11-6-8-12(9-7-11)23-26-19-14(21)10-13(20(27)28)18(17(19)22)25-24-15-4-2-3-5-16(15)32(29,30)31/h2-10H,21-22H2,1H3,(H,27,28)(H,29,30,31). The van der Waals surface area contributed by atoms with Crippen molar-refractivity contribution in [3.63, 3.8) is 0 Å². The van der Waals surface area contributed by atoms with E-state index >= 15 is 0 Å². The zero-order chi connectivity index (χ0) is 23.5. The Bertz CT molecular complexity index is 1350. The molecule has 0 unspecified atom stereocenters. The molecule has 0 fully saturated rings. The molecule has 0 saturated heterocycles. The van der Waals surface area contributed by atoms with Gasteiger partial charge in [-0.3, -0.25) is 4.55 Å². The molecule has 0 atom stereocenters. The molecule has 0 heterocycles. The molecule has 0 aromatic heterocycles. The maximum atomic E-state index is 11.7. The van der Waals surface area contributed by atoms with Gasteiger partial charge in [-0.15, -0.1) is 15.3 Å². The van der Waals surface area contributed by atoms with Crippen LogP contribution in [-0.4, -0.2) is 24.0 Å². The minimum atomic E-state index is -4.59. The Kier molecular flexibility index (Phi) is 6.27. The lowest BCUT2D eigenvalue weighted by Crippen LogP contribution is -2.02. The fourth-order valence-corrected chi connectivity index (χ4v) is 3.29. The summed E-state index contributed by atoms with van der Waals surface area (Å²) in [5.74, 6) is -1.39. The average Bonchev–Trinajstić information content (AvgIpc) is 2.73. The summed E-state index contributed by atoms with van der Waals surface area (Å²) in [6.45, 7) is 1.92. The summed E-state index contributed by atoms with van der Waals surface area (Å²) in [6, 6.07) is 13.5. The minimum Gasteiger partial charge on any atom is -0.478 e. The third kappa shape index (κ3) is 4.94. The number of carboxylic acids is 1. The third-order valence-electron chi connectivity index (χ3n) is 4.27. The lowest BCUT2D eigenvalue weighted by molar-refractivity contribution is 0.0698. The Morgan fingerprint density at radius 1 is 0.906 bits per heavy atom. The van der Waals surface area contributed by atoms with Crippen molar-refractivity contribution in [1.29, 1.82) is 0 Å². The molecule has 32 heavy (non-hydrogen) atoms. The van der Waals surface area contributed by atoms with E-state index in [4.69, 9.17) is 11.5 Å². The molecule has 3 aromatic carbocycles. The molecule has 6 N–H and O–H groups in total. The summed E-state index contributed by atoms with van der Waals surface area (Å²) < 4.78 is 32.4. The highest BCUT2D eigenvalue weighted by atomic mass is 32.2. The van der Waals surface area contributed by atoms with Crippen molar-refractivity contribution in [2.24, 2.45) is 20.5 Å². The van der Waals surface area contributed by atoms with Crippen molar-refractivity contribution in [3.05, 3.63) is 65.7 Å². The second-order valence-electron chi connectivity index (χ2n) is 6.61. The number of nitrogens with zero attached hydrogens (tertiary/aromatic N) is 4. The SMILES string of the molecule is Cc1ccc(N=Nc2c(N)cc(C(=O)O)c(N=Nc3ccccc3S(=O)(=O)O)c2N)cc1. The molecule has 0 aliphatic rings. The van der Waals surface area contributed by atoms with E-state index in [1.165, 1.54) is 18.2 Å². The van der Waals surface area contributed by atoms with Crippen LogP contribution in [0.3, 0.4) is 0 Å². The average molecular weight is 454 g/mol. The molecule has 0 amide bonds. The van der Waals surface area contributed by atoms with Crippen molar-refractivity contribution >= 4 is 50.2 Å². The number of benzene rings is 3. The molecule has 11 nitrogen and oxygen atoms in total. The number of carboxylic acid groups (broad SMARTS) is 1. The number of carbonyl (C=O) groups is 1. The van der Waals surface area contributed by atoms with Crippen molar-refractivity contribution in [2.75, 3.05) is 11.5 Å². The topological polar surface area (TPSA) is 193 Å². The van der Waals surface area contributed by atoms with Gasteiger partial charge in [0, 0.05) is 0 Å². The van der Waals surface area contributed by atoms with Gasteiger partial charge in [0.15, 0.2) is 0 Å². The number of anilines is 2. The number of nitrogens with two attached hydrogens (primary N) is 2. The molecule has 0 bridgehead atoms. The number of azo groups is 2. The maximum Gasteiger partial charge on any atom is 0.338 e. The Morgan fingerprint density at radius 2 is 1.53 bits per heavy atom. The number of hydrogen-bond acceptors (Lipinski definition) is 9. The van der Waals surface area contributed by atoms with Crippen LogP contribution in [0.1, 0.15) is 15.9 Å². The van der Waals surface area contributed by atoms with E-state index in [9.17, 15) is 22.9 Å². The Morgan fingerprint density at radius 3 is 2.16 bits per heavy atom.